The Bertz CT molecular complexity index is 4270. The molecule has 110 heavy (non-hydrogen) atoms. The van der Waals surface area contributed by atoms with Crippen LogP contribution in [0.2, 0.25) is 0 Å². The van der Waals surface area contributed by atoms with Crippen LogP contribution in [0.25, 0.3) is 0 Å². The molecule has 12 aliphatic rings. The van der Waals surface area contributed by atoms with Crippen molar-refractivity contribution in [3.63, 3.8) is 0 Å². The molecule has 600 valence electrons. The summed E-state index contributed by atoms with van der Waals surface area (Å²) in [4.78, 5) is 116. The Morgan fingerprint density at radius 3 is 1.21 bits per heavy atom. The fourth-order valence-electron chi connectivity index (χ4n) is 25.4. The van der Waals surface area contributed by atoms with Crippen LogP contribution in [0.4, 0.5) is 0 Å². The standard InChI is InChI=1S/C30H38O8S.C30H38O6.C26H32O7.2CH4/c1-28-13-10-20(32)16-19(28)8-9-22-23-11-14-30(25(34)18-31,29(23,2)17-24(33)27(22)28)38-26(35)12-15-39(36,37)21-6-4-3-5-7-21;1-18-4-6-19(7-5-18)14-26(35)36-30(25(34)17-31)13-11-23-22-9-8-20-15-21(32)10-12-28(20,2)27(22)24(33)16-29(23,30)3;1-24-9-7-16(28)12-15(24)5-6-17-18-8-10-26(21(30)14-27,25(18,2)13-19(29)22(17)24)33-23(31)20-4-3-11-32-20;;/h3-7,16,22-24,27,31,33H,8-15,17-18H2,1-2H3;4-7,15,22-24,27,31,33H,8-14,16-17H2,1-3H3;3-4,11-12,17-19,22,27,29H,5-10,13-14H2,1-2H3;2*1H4/t2*22-,23-,24-,27+,28-,29-,30-;17-,18-,19-,22+,24-,25-,26-;;/m000../s1. The summed E-state index contributed by atoms with van der Waals surface area (Å²) in [6.45, 7) is 12.0. The molecule has 21 atom stereocenters. The van der Waals surface area contributed by atoms with Gasteiger partial charge in [0.25, 0.3) is 0 Å². The smallest absolute Gasteiger partial charge is 0.375 e. The molecule has 0 bridgehead atoms. The van der Waals surface area contributed by atoms with Gasteiger partial charge in [-0.25, -0.2) is 13.2 Å². The molecule has 9 fully saturated rings. The maximum absolute atomic E-state index is 13.4. The normalized spacial score (nSPS) is 38.9. The Balaban J connectivity index is 0.000000163. The Morgan fingerprint density at radius 1 is 0.473 bits per heavy atom. The minimum Gasteiger partial charge on any atom is -0.457 e. The minimum atomic E-state index is -3.72. The number of sulfone groups is 1. The Morgan fingerprint density at radius 2 is 0.845 bits per heavy atom. The first kappa shape index (κ1) is 84.0. The summed E-state index contributed by atoms with van der Waals surface area (Å²) >= 11 is 0. The maximum Gasteiger partial charge on any atom is 0.375 e. The van der Waals surface area contributed by atoms with E-state index >= 15 is 0 Å². The predicted molar refractivity (Wildman–Crippen MR) is 407 cm³/mol. The van der Waals surface area contributed by atoms with Gasteiger partial charge < -0.3 is 49.3 Å². The summed E-state index contributed by atoms with van der Waals surface area (Å²) in [7, 11) is -3.72. The van der Waals surface area contributed by atoms with E-state index in [1.807, 2.05) is 52.0 Å². The lowest BCUT2D eigenvalue weighted by molar-refractivity contribution is -0.202. The molecule has 9 saturated carbocycles. The quantitative estimate of drug-likeness (QED) is 0.0573. The van der Waals surface area contributed by atoms with Crippen LogP contribution in [0, 0.1) is 92.7 Å². The highest BCUT2D eigenvalue weighted by Gasteiger charge is 2.74. The monoisotopic (exact) mass is 1540 g/mol. The molecule has 12 aliphatic carbocycles. The number of hydrogen-bond donors (Lipinski definition) is 6. The molecule has 0 saturated heterocycles. The Kier molecular flexibility index (Phi) is 23.8. The van der Waals surface area contributed by atoms with Crippen LogP contribution in [0.1, 0.15) is 219 Å². The molecule has 0 aliphatic heterocycles. The van der Waals surface area contributed by atoms with Crippen LogP contribution in [-0.2, 0) is 68.8 Å². The lowest BCUT2D eigenvalue weighted by Gasteiger charge is -2.60. The van der Waals surface area contributed by atoms with E-state index in [0.717, 1.165) is 79.2 Å². The fourth-order valence-corrected chi connectivity index (χ4v) is 26.6. The highest BCUT2D eigenvalue weighted by molar-refractivity contribution is 7.91. The number of benzene rings is 2. The number of aliphatic hydroxyl groups excluding tert-OH is 6. The van der Waals surface area contributed by atoms with Gasteiger partial charge in [-0.3, -0.25) is 38.4 Å². The number of ketones is 6. The first-order valence-electron chi connectivity index (χ1n) is 39.3. The largest absolute Gasteiger partial charge is 0.457 e. The number of aryl methyl sites for hydroxylation is 1. The molecule has 2 aromatic carbocycles. The van der Waals surface area contributed by atoms with E-state index in [1.54, 1.807) is 42.5 Å². The van der Waals surface area contributed by atoms with E-state index in [0.29, 0.717) is 70.6 Å². The van der Waals surface area contributed by atoms with Crippen molar-refractivity contribution in [2.75, 3.05) is 25.6 Å². The van der Waals surface area contributed by atoms with Crippen molar-refractivity contribution in [3.8, 4) is 0 Å². The third kappa shape index (κ3) is 13.7. The van der Waals surface area contributed by atoms with Crippen molar-refractivity contribution in [2.24, 2.45) is 85.8 Å². The van der Waals surface area contributed by atoms with E-state index < -0.39 is 128 Å². The number of fused-ring (bicyclic) bond motifs is 15. The molecule has 0 unspecified atom stereocenters. The predicted octanol–water partition coefficient (Wildman–Crippen LogP) is 11.6. The molecule has 1 aromatic heterocycles. The Hall–Kier alpha value is -6.92. The summed E-state index contributed by atoms with van der Waals surface area (Å²) in [6, 6.07) is 18.6. The van der Waals surface area contributed by atoms with Crippen molar-refractivity contribution in [2.45, 2.75) is 251 Å². The molecule has 1 heterocycles. The second-order valence-electron chi connectivity index (χ2n) is 35.4. The van der Waals surface area contributed by atoms with Gasteiger partial charge in [-0.1, -0.05) is 121 Å². The number of hydrogen-bond acceptors (Lipinski definition) is 21. The van der Waals surface area contributed by atoms with E-state index in [1.165, 1.54) is 24.5 Å². The summed E-state index contributed by atoms with van der Waals surface area (Å²) in [5, 5.41) is 64.6. The van der Waals surface area contributed by atoms with Crippen molar-refractivity contribution < 1.29 is 101 Å². The van der Waals surface area contributed by atoms with Crippen molar-refractivity contribution in [3.05, 3.63) is 125 Å². The van der Waals surface area contributed by atoms with E-state index in [4.69, 9.17) is 18.6 Å². The third-order valence-corrected chi connectivity index (χ3v) is 32.3. The summed E-state index contributed by atoms with van der Waals surface area (Å²) in [5.41, 5.74) is -2.54. The number of allylic oxidation sites excluding steroid dienone is 3. The second-order valence-corrected chi connectivity index (χ2v) is 37.5. The van der Waals surface area contributed by atoms with Crippen LogP contribution in [0.5, 0.6) is 0 Å². The van der Waals surface area contributed by atoms with Crippen molar-refractivity contribution >= 4 is 62.4 Å². The maximum atomic E-state index is 13.4. The van der Waals surface area contributed by atoms with Gasteiger partial charge in [0.1, 0.15) is 19.8 Å². The van der Waals surface area contributed by atoms with Crippen LogP contribution >= 0.6 is 0 Å². The van der Waals surface area contributed by atoms with Crippen molar-refractivity contribution in [1.82, 2.24) is 0 Å². The van der Waals surface area contributed by atoms with Gasteiger partial charge in [0.05, 0.1) is 48.1 Å². The van der Waals surface area contributed by atoms with Gasteiger partial charge in [-0.2, -0.15) is 0 Å². The molecule has 0 spiro atoms. The van der Waals surface area contributed by atoms with Crippen LogP contribution in [-0.4, -0.2) is 152 Å². The molecular formula is C88H116O21S. The van der Waals surface area contributed by atoms with Crippen LogP contribution < -0.4 is 0 Å². The average molecular weight is 1540 g/mol. The van der Waals surface area contributed by atoms with E-state index in [2.05, 4.69) is 20.8 Å². The minimum absolute atomic E-state index is 0. The number of rotatable bonds is 16. The van der Waals surface area contributed by atoms with Gasteiger partial charge in [0.2, 0.25) is 23.1 Å². The lowest BCUT2D eigenvalue weighted by atomic mass is 9.45. The number of esters is 3. The fraction of sp³-hybridized carbons (Fsp3) is 0.648. The van der Waals surface area contributed by atoms with Gasteiger partial charge in [0.15, 0.2) is 44.0 Å². The number of ether oxygens (including phenoxy) is 3. The first-order chi connectivity index (χ1) is 51.1. The van der Waals surface area contributed by atoms with Gasteiger partial charge in [-0.15, -0.1) is 0 Å². The van der Waals surface area contributed by atoms with Crippen LogP contribution in [0.3, 0.4) is 0 Å². The molecular weight excluding hydrogens is 1430 g/mol. The Labute approximate surface area is 647 Å². The molecule has 0 amide bonds. The van der Waals surface area contributed by atoms with E-state index in [9.17, 15) is 82.2 Å². The zero-order valence-corrected chi connectivity index (χ0v) is 64.2. The number of aliphatic hydroxyl groups is 6. The van der Waals surface area contributed by atoms with Gasteiger partial charge >= 0.3 is 17.9 Å². The summed E-state index contributed by atoms with van der Waals surface area (Å²) < 4.78 is 48.6. The molecule has 6 N–H and O–H groups in total. The summed E-state index contributed by atoms with van der Waals surface area (Å²) in [5.74, 6) is -3.19. The number of carbonyl (C=O) groups excluding carboxylic acids is 9. The molecule has 15 rings (SSSR count). The van der Waals surface area contributed by atoms with Crippen molar-refractivity contribution in [1.29, 1.82) is 0 Å². The lowest BCUT2D eigenvalue weighted by Crippen LogP contribution is -2.63. The first-order valence-corrected chi connectivity index (χ1v) is 41.0. The van der Waals surface area contributed by atoms with Gasteiger partial charge in [-0.05, 0) is 240 Å². The zero-order chi connectivity index (χ0) is 77.7. The summed E-state index contributed by atoms with van der Waals surface area (Å²) in [6.07, 6.45) is 16.3. The van der Waals surface area contributed by atoms with Gasteiger partial charge in [0, 0.05) is 35.5 Å². The van der Waals surface area contributed by atoms with E-state index in [-0.39, 0.29) is 132 Å². The third-order valence-electron chi connectivity index (χ3n) is 30.5. The zero-order valence-electron chi connectivity index (χ0n) is 63.4. The molecule has 3 aromatic rings. The SMILES string of the molecule is C.C.C[C@]12CCC(=O)C=C1CC[C@@H]1[C@@H]2[C@@H](O)C[C@@]2(C)[C@H]1CC[C@]2(OC(=O)CCS(=O)(=O)c1ccccc1)C(=O)CO.C[C@]12CCC(=O)C=C1CC[C@@H]1[C@@H]2[C@@H](O)C[C@@]2(C)[C@H]1CC[C@]2(OC(=O)c1ccco1)C(=O)CO.Cc1ccc(CC(=O)O[C@]2(C(=O)CO)CC[C@H]3[C@@H]4CCC5=CC(=O)CC[C@]5(C)[C@H]4[C@@H](O)C[C@@]32C)cc1. The number of carbonyl (C=O) groups is 9. The molecule has 21 nitrogen and oxygen atoms in total. The highest BCUT2D eigenvalue weighted by Crippen LogP contribution is 2.72. The average Bonchev–Trinajstić information content (AvgIpc) is 1.47. The van der Waals surface area contributed by atoms with Crippen LogP contribution in [0.15, 0.2) is 117 Å². The molecule has 0 radical (unpaired) electrons. The number of furan rings is 1. The second kappa shape index (κ2) is 31.1. The number of Topliss-reactive ketones (excluding diaryl/α,β-unsaturated/α-hetero) is 3. The molecule has 22 heteroatoms. The topological polar surface area (TPSA) is 350 Å². The highest BCUT2D eigenvalue weighted by atomic mass is 32.2.